The van der Waals surface area contributed by atoms with Crippen molar-refractivity contribution >= 4 is 58.1 Å². The van der Waals surface area contributed by atoms with Gasteiger partial charge in [0.1, 0.15) is 11.6 Å². The van der Waals surface area contributed by atoms with E-state index in [0.29, 0.717) is 50.2 Å². The molecule has 0 aliphatic carbocycles. The van der Waals surface area contributed by atoms with Gasteiger partial charge in [-0.1, -0.05) is 54.1 Å². The van der Waals surface area contributed by atoms with Crippen LogP contribution in [0.3, 0.4) is 0 Å². The summed E-state index contributed by atoms with van der Waals surface area (Å²) in [6.45, 7) is 1.80. The predicted molar refractivity (Wildman–Crippen MR) is 151 cm³/mol. The smallest absolute Gasteiger partial charge is 0.302 e. The maximum atomic E-state index is 13.5. The van der Waals surface area contributed by atoms with Crippen LogP contribution in [0.25, 0.3) is 16.7 Å². The molecule has 5 rings (SSSR count). The number of hydrogen-bond acceptors (Lipinski definition) is 8. The third kappa shape index (κ3) is 5.00. The molecule has 0 spiro atoms. The average molecular weight is 526 g/mol. The molecule has 6 N–H and O–H groups in total. The first-order chi connectivity index (χ1) is 18.5. The Morgan fingerprint density at radius 3 is 2.55 bits per heavy atom. The van der Waals surface area contributed by atoms with Crippen LogP contribution in [0.1, 0.15) is 24.1 Å². The lowest BCUT2D eigenvalue weighted by Gasteiger charge is -2.27. The first kappa shape index (κ1) is 24.8. The number of oxazole rings is 1. The zero-order valence-corrected chi connectivity index (χ0v) is 21.1. The van der Waals surface area contributed by atoms with Gasteiger partial charge in [-0.3, -0.25) is 10.1 Å². The lowest BCUT2D eigenvalue weighted by molar-refractivity contribution is -0.113. The van der Waals surface area contributed by atoms with E-state index < -0.39 is 6.04 Å². The van der Waals surface area contributed by atoms with Gasteiger partial charge in [0.05, 0.1) is 5.57 Å². The van der Waals surface area contributed by atoms with E-state index in [9.17, 15) is 4.79 Å². The van der Waals surface area contributed by atoms with Gasteiger partial charge >= 0.3 is 6.01 Å². The summed E-state index contributed by atoms with van der Waals surface area (Å²) in [6, 6.07) is 21.3. The number of guanidine groups is 1. The van der Waals surface area contributed by atoms with Crippen molar-refractivity contribution in [2.24, 2.45) is 10.7 Å². The van der Waals surface area contributed by atoms with Crippen LogP contribution >= 0.6 is 11.6 Å². The number of fused-ring (bicyclic) bond motifs is 1. The fourth-order valence-electron chi connectivity index (χ4n) is 4.15. The number of aromatic nitrogens is 1. The molecule has 9 nitrogen and oxygen atoms in total. The third-order valence-electron chi connectivity index (χ3n) is 6.02. The molecular weight excluding hydrogens is 502 g/mol. The summed E-state index contributed by atoms with van der Waals surface area (Å²) in [7, 11) is 0. The summed E-state index contributed by atoms with van der Waals surface area (Å²) in [5.74, 6) is 0.0339. The van der Waals surface area contributed by atoms with Gasteiger partial charge in [-0.05, 0) is 42.8 Å². The fraction of sp³-hybridized carbons (Fsp3) is 0.0714. The number of allylic oxidation sites excluding steroid dienone is 2. The Balaban J connectivity index is 1.44. The number of nitrogens with one attached hydrogen (secondary N) is 4. The Morgan fingerprint density at radius 2 is 1.84 bits per heavy atom. The minimum atomic E-state index is -0.694. The lowest BCUT2D eigenvalue weighted by atomic mass is 9.95. The zero-order chi connectivity index (χ0) is 26.6. The molecule has 0 saturated carbocycles. The first-order valence-corrected chi connectivity index (χ1v) is 12.1. The number of nitrogens with zero attached hydrogens (tertiary/aromatic N) is 2. The van der Waals surface area contributed by atoms with Crippen molar-refractivity contribution in [3.05, 3.63) is 106 Å². The number of aliphatic imine (C=N–C) groups is 1. The summed E-state index contributed by atoms with van der Waals surface area (Å²) in [5, 5.41) is 17.1. The largest absolute Gasteiger partial charge is 0.423 e. The number of carbonyl (C=O) groups is 1. The van der Waals surface area contributed by atoms with Crippen LogP contribution in [0.4, 0.5) is 11.7 Å². The SMILES string of the molecule is CC1=C(C(=O)Nc2ccc(/C(C=N)=C/N)cc2)C(c2ccccc2Cl)N=C(Nc2nc3ccccc3o2)N1. The van der Waals surface area contributed by atoms with Crippen LogP contribution in [-0.2, 0) is 4.79 Å². The molecule has 10 heteroatoms. The highest BCUT2D eigenvalue weighted by molar-refractivity contribution is 6.31. The second-order valence-corrected chi connectivity index (χ2v) is 8.88. The summed E-state index contributed by atoms with van der Waals surface area (Å²) in [4.78, 5) is 22.8. The summed E-state index contributed by atoms with van der Waals surface area (Å²) in [5.41, 5.74) is 10.5. The molecule has 1 aliphatic rings. The molecule has 0 saturated heterocycles. The highest BCUT2D eigenvalue weighted by Crippen LogP contribution is 2.35. The van der Waals surface area contributed by atoms with Crippen LogP contribution in [0.5, 0.6) is 0 Å². The monoisotopic (exact) mass is 525 g/mol. The molecule has 1 unspecified atom stereocenters. The average Bonchev–Trinajstić information content (AvgIpc) is 3.32. The topological polar surface area (TPSA) is 141 Å². The van der Waals surface area contributed by atoms with Gasteiger partial charge in [0.2, 0.25) is 5.96 Å². The van der Waals surface area contributed by atoms with Gasteiger partial charge in [0.25, 0.3) is 5.91 Å². The molecule has 4 aromatic rings. The predicted octanol–water partition coefficient (Wildman–Crippen LogP) is 5.46. The molecule has 1 aromatic heterocycles. The molecule has 1 aliphatic heterocycles. The second kappa shape index (κ2) is 10.6. The van der Waals surface area contributed by atoms with E-state index in [1.807, 2.05) is 42.5 Å². The van der Waals surface area contributed by atoms with E-state index in [4.69, 9.17) is 32.2 Å². The summed E-state index contributed by atoms with van der Waals surface area (Å²) in [6.07, 6.45) is 2.54. The van der Waals surface area contributed by atoms with Gasteiger partial charge in [-0.2, -0.15) is 4.98 Å². The molecule has 0 fully saturated rings. The van der Waals surface area contributed by atoms with Gasteiger partial charge in [0, 0.05) is 40.0 Å². The molecule has 0 radical (unpaired) electrons. The number of rotatable bonds is 6. The number of benzene rings is 3. The van der Waals surface area contributed by atoms with Crippen molar-refractivity contribution in [1.29, 1.82) is 5.41 Å². The Labute approximate surface area is 223 Å². The van der Waals surface area contributed by atoms with E-state index in [2.05, 4.69) is 20.9 Å². The van der Waals surface area contributed by atoms with E-state index in [-0.39, 0.29) is 11.9 Å². The maximum Gasteiger partial charge on any atom is 0.302 e. The fourth-order valence-corrected chi connectivity index (χ4v) is 4.39. The summed E-state index contributed by atoms with van der Waals surface area (Å²) >= 11 is 6.54. The minimum absolute atomic E-state index is 0.270. The highest BCUT2D eigenvalue weighted by atomic mass is 35.5. The zero-order valence-electron chi connectivity index (χ0n) is 20.3. The molecule has 0 bridgehead atoms. The van der Waals surface area contributed by atoms with Crippen molar-refractivity contribution < 1.29 is 9.21 Å². The molecule has 38 heavy (non-hydrogen) atoms. The van der Waals surface area contributed by atoms with Gasteiger partial charge in [0.15, 0.2) is 5.58 Å². The van der Waals surface area contributed by atoms with Crippen LogP contribution in [0.2, 0.25) is 5.02 Å². The third-order valence-corrected chi connectivity index (χ3v) is 6.36. The maximum absolute atomic E-state index is 13.5. The summed E-state index contributed by atoms with van der Waals surface area (Å²) < 4.78 is 5.78. The number of hydrogen-bond donors (Lipinski definition) is 5. The second-order valence-electron chi connectivity index (χ2n) is 8.47. The van der Waals surface area contributed by atoms with Crippen LogP contribution < -0.4 is 21.7 Å². The standard InChI is InChI=1S/C28H24ClN7O2/c1-16-24(26(37)33-19-12-10-17(11-13-19)18(14-30)15-31)25(20-6-2-3-7-21(20)29)35-27(32-16)36-28-34-22-8-4-5-9-23(22)38-28/h2-15,25,30H,31H2,1H3,(H,33,37)(H2,32,34,35,36)/b18-15+,30-14?. The van der Waals surface area contributed by atoms with Crippen LogP contribution in [-0.4, -0.2) is 23.1 Å². The van der Waals surface area contributed by atoms with Crippen molar-refractivity contribution in [3.8, 4) is 0 Å². The minimum Gasteiger partial charge on any atom is -0.423 e. The molecule has 3 aromatic carbocycles. The number of para-hydroxylation sites is 2. The number of amides is 1. The lowest BCUT2D eigenvalue weighted by Crippen LogP contribution is -2.37. The Morgan fingerprint density at radius 1 is 1.11 bits per heavy atom. The van der Waals surface area contributed by atoms with E-state index in [1.54, 1.807) is 37.3 Å². The number of carbonyl (C=O) groups excluding carboxylic acids is 1. The van der Waals surface area contributed by atoms with Crippen LogP contribution in [0.15, 0.2) is 99.7 Å². The van der Waals surface area contributed by atoms with Crippen LogP contribution in [0, 0.1) is 5.41 Å². The number of halogens is 1. The molecule has 2 heterocycles. The molecule has 190 valence electrons. The Hall–Kier alpha value is -4.89. The highest BCUT2D eigenvalue weighted by Gasteiger charge is 2.31. The first-order valence-electron chi connectivity index (χ1n) is 11.7. The van der Waals surface area contributed by atoms with Crippen molar-refractivity contribution in [1.82, 2.24) is 10.3 Å². The van der Waals surface area contributed by atoms with Crippen molar-refractivity contribution in [2.45, 2.75) is 13.0 Å². The quantitative estimate of drug-likeness (QED) is 0.212. The van der Waals surface area contributed by atoms with Crippen molar-refractivity contribution in [2.75, 3.05) is 10.6 Å². The van der Waals surface area contributed by atoms with Gasteiger partial charge in [-0.25, -0.2) is 4.99 Å². The van der Waals surface area contributed by atoms with Gasteiger partial charge in [-0.15, -0.1) is 0 Å². The number of anilines is 2. The Bertz CT molecular complexity index is 1590. The van der Waals surface area contributed by atoms with Crippen molar-refractivity contribution in [3.63, 3.8) is 0 Å². The molecule has 1 atom stereocenters. The Kier molecular flexibility index (Phi) is 6.92. The van der Waals surface area contributed by atoms with E-state index in [1.165, 1.54) is 12.4 Å². The molecular formula is C28H24ClN7O2. The van der Waals surface area contributed by atoms with E-state index in [0.717, 1.165) is 5.56 Å². The molecule has 1 amide bonds. The number of nitrogens with two attached hydrogens (primary N) is 1. The normalized spacial score (nSPS) is 15.6. The van der Waals surface area contributed by atoms with E-state index >= 15 is 0 Å². The van der Waals surface area contributed by atoms with Gasteiger partial charge < -0.3 is 26.2 Å².